The Kier molecular flexibility index (Phi) is 7.99. The van der Waals surface area contributed by atoms with Gasteiger partial charge in [0.2, 0.25) is 0 Å². The highest BCUT2D eigenvalue weighted by Gasteiger charge is 2.36. The molecule has 212 valence electrons. The number of amides is 1. The summed E-state index contributed by atoms with van der Waals surface area (Å²) in [5.41, 5.74) is 3.45. The zero-order valence-electron chi connectivity index (χ0n) is 24.0. The lowest BCUT2D eigenvalue weighted by Gasteiger charge is -2.30. The molecular formula is C32H34N4O4S. The van der Waals surface area contributed by atoms with Gasteiger partial charge in [-0.25, -0.2) is 4.99 Å². The van der Waals surface area contributed by atoms with Crippen LogP contribution in [-0.2, 0) is 11.3 Å². The van der Waals surface area contributed by atoms with Crippen LogP contribution in [0.3, 0.4) is 0 Å². The van der Waals surface area contributed by atoms with E-state index in [-0.39, 0.29) is 11.5 Å². The maximum absolute atomic E-state index is 14.2. The zero-order valence-corrected chi connectivity index (χ0v) is 24.8. The lowest BCUT2D eigenvalue weighted by atomic mass is 9.93. The van der Waals surface area contributed by atoms with Crippen LogP contribution in [0.2, 0.25) is 0 Å². The molecule has 0 unspecified atom stereocenters. The summed E-state index contributed by atoms with van der Waals surface area (Å²) in [6.07, 6.45) is 5.80. The topological polar surface area (TPSA) is 78.1 Å². The number of methoxy groups -OCH3 is 2. The van der Waals surface area contributed by atoms with Crippen LogP contribution in [0.5, 0.6) is 11.5 Å². The van der Waals surface area contributed by atoms with Gasteiger partial charge in [0.15, 0.2) is 4.80 Å². The number of likely N-dealkylation sites (N-methyl/N-ethyl adjacent to an activating group) is 1. The molecule has 0 radical (unpaired) electrons. The molecular weight excluding hydrogens is 536 g/mol. The highest BCUT2D eigenvalue weighted by Crippen LogP contribution is 2.38. The van der Waals surface area contributed by atoms with E-state index in [0.717, 1.165) is 16.5 Å². The van der Waals surface area contributed by atoms with Crippen molar-refractivity contribution in [3.05, 3.63) is 103 Å². The number of rotatable bonds is 9. The van der Waals surface area contributed by atoms with Crippen molar-refractivity contribution in [1.29, 1.82) is 0 Å². The second kappa shape index (κ2) is 11.6. The van der Waals surface area contributed by atoms with E-state index in [1.165, 1.54) is 11.3 Å². The Labute approximate surface area is 242 Å². The first-order chi connectivity index (χ1) is 19.9. The molecule has 8 nitrogen and oxygen atoms in total. The molecule has 0 saturated heterocycles. The number of aromatic nitrogens is 2. The number of thiazole rings is 1. The molecule has 4 aromatic rings. The quantitative estimate of drug-likeness (QED) is 0.282. The van der Waals surface area contributed by atoms with E-state index in [1.807, 2.05) is 63.4 Å². The molecule has 1 aliphatic heterocycles. The normalized spacial score (nSPS) is 15.0. The molecule has 1 atom stereocenters. The average Bonchev–Trinajstić information content (AvgIpc) is 3.49. The minimum Gasteiger partial charge on any atom is -0.497 e. The number of nitrogens with zero attached hydrogens (tertiary/aromatic N) is 4. The van der Waals surface area contributed by atoms with Gasteiger partial charge in [0, 0.05) is 47.9 Å². The predicted octanol–water partition coefficient (Wildman–Crippen LogP) is 4.26. The first-order valence-electron chi connectivity index (χ1n) is 13.6. The maximum Gasteiger partial charge on any atom is 0.271 e. The molecule has 2 aromatic carbocycles. The summed E-state index contributed by atoms with van der Waals surface area (Å²) in [4.78, 5) is 35.3. The Hall–Kier alpha value is -4.37. The van der Waals surface area contributed by atoms with Crippen molar-refractivity contribution in [2.75, 3.05) is 27.3 Å². The van der Waals surface area contributed by atoms with Crippen molar-refractivity contribution < 1.29 is 14.3 Å². The monoisotopic (exact) mass is 570 g/mol. The fraction of sp³-hybridized carbons (Fsp3) is 0.281. The number of para-hydroxylation sites is 1. The highest BCUT2D eigenvalue weighted by atomic mass is 32.1. The Morgan fingerprint density at radius 3 is 2.59 bits per heavy atom. The minimum atomic E-state index is -0.742. The molecule has 0 aliphatic carbocycles. The van der Waals surface area contributed by atoms with Gasteiger partial charge in [0.25, 0.3) is 11.5 Å². The fourth-order valence-corrected chi connectivity index (χ4v) is 6.48. The van der Waals surface area contributed by atoms with Crippen LogP contribution in [0.4, 0.5) is 0 Å². The first kappa shape index (κ1) is 28.2. The Morgan fingerprint density at radius 2 is 1.90 bits per heavy atom. The van der Waals surface area contributed by atoms with Crippen molar-refractivity contribution in [2.24, 2.45) is 4.99 Å². The standard InChI is InChI=1S/C32H34N4O4S/c1-7-16-35-19-21(23-12-10-11-13-25(23)35)17-27-30(37)36-29(24-18-22(39-5)14-15-26(24)40-6)28(20(4)33-32(36)41-27)31(38)34(8-2)9-3/h7,10-15,17-19,29H,1,8-9,16H2,2-6H3/b27-17+/t29-/m0/s1. The van der Waals surface area contributed by atoms with Crippen LogP contribution in [0.1, 0.15) is 37.9 Å². The molecule has 0 saturated carbocycles. The maximum atomic E-state index is 14.2. The second-order valence-corrected chi connectivity index (χ2v) is 10.7. The lowest BCUT2D eigenvalue weighted by Crippen LogP contribution is -2.43. The van der Waals surface area contributed by atoms with E-state index >= 15 is 0 Å². The average molecular weight is 571 g/mol. The summed E-state index contributed by atoms with van der Waals surface area (Å²) < 4.78 is 15.5. The lowest BCUT2D eigenvalue weighted by molar-refractivity contribution is -0.127. The molecule has 41 heavy (non-hydrogen) atoms. The van der Waals surface area contributed by atoms with Crippen molar-refractivity contribution in [3.8, 4) is 11.5 Å². The van der Waals surface area contributed by atoms with Gasteiger partial charge in [-0.05, 0) is 51.1 Å². The molecule has 1 aliphatic rings. The number of hydrogen-bond donors (Lipinski definition) is 0. The first-order valence-corrected chi connectivity index (χ1v) is 14.4. The van der Waals surface area contributed by atoms with Gasteiger partial charge in [-0.15, -0.1) is 6.58 Å². The van der Waals surface area contributed by atoms with Crippen LogP contribution < -0.4 is 24.4 Å². The predicted molar refractivity (Wildman–Crippen MR) is 163 cm³/mol. The summed E-state index contributed by atoms with van der Waals surface area (Å²) >= 11 is 1.31. The smallest absolute Gasteiger partial charge is 0.271 e. The summed E-state index contributed by atoms with van der Waals surface area (Å²) in [6.45, 7) is 11.3. The van der Waals surface area contributed by atoms with Crippen molar-refractivity contribution in [3.63, 3.8) is 0 Å². The molecule has 1 amide bonds. The molecule has 0 bridgehead atoms. The number of ether oxygens (including phenoxy) is 2. The van der Waals surface area contributed by atoms with Crippen molar-refractivity contribution in [1.82, 2.24) is 14.0 Å². The largest absolute Gasteiger partial charge is 0.497 e. The van der Waals surface area contributed by atoms with Crippen LogP contribution >= 0.6 is 11.3 Å². The number of hydrogen-bond acceptors (Lipinski definition) is 6. The van der Waals surface area contributed by atoms with Crippen molar-refractivity contribution in [2.45, 2.75) is 33.4 Å². The third-order valence-corrected chi connectivity index (χ3v) is 8.45. The Morgan fingerprint density at radius 1 is 1.15 bits per heavy atom. The van der Waals surface area contributed by atoms with Crippen LogP contribution in [0, 0.1) is 0 Å². The molecule has 0 spiro atoms. The SMILES string of the molecule is C=CCn1cc(/C=c2/sc3n(c2=O)[C@@H](c2cc(OC)ccc2OC)C(C(=O)N(CC)CC)=C(C)N=3)c2ccccc21. The molecule has 2 aromatic heterocycles. The number of allylic oxidation sites excluding steroid dienone is 2. The zero-order chi connectivity index (χ0) is 29.3. The Bertz CT molecular complexity index is 1860. The number of carbonyl (C=O) groups excluding carboxylic acids is 1. The second-order valence-electron chi connectivity index (χ2n) is 9.71. The van der Waals surface area contributed by atoms with E-state index in [2.05, 4.69) is 17.2 Å². The van der Waals surface area contributed by atoms with Crippen LogP contribution in [-0.4, -0.2) is 47.3 Å². The van der Waals surface area contributed by atoms with E-state index in [9.17, 15) is 9.59 Å². The van der Waals surface area contributed by atoms with E-state index < -0.39 is 6.04 Å². The van der Waals surface area contributed by atoms with Gasteiger partial charge in [-0.2, -0.15) is 0 Å². The summed E-state index contributed by atoms with van der Waals surface area (Å²) in [6, 6.07) is 12.8. The van der Waals surface area contributed by atoms with Crippen LogP contribution in [0.25, 0.3) is 17.0 Å². The van der Waals surface area contributed by atoms with Crippen LogP contribution in [0.15, 0.2) is 82.4 Å². The molecule has 0 N–H and O–H groups in total. The van der Waals surface area contributed by atoms with Gasteiger partial charge in [0.05, 0.1) is 30.0 Å². The van der Waals surface area contributed by atoms with E-state index in [4.69, 9.17) is 14.5 Å². The molecule has 5 rings (SSSR count). The van der Waals surface area contributed by atoms with Crippen molar-refractivity contribution >= 4 is 34.2 Å². The van der Waals surface area contributed by atoms with Gasteiger partial charge >= 0.3 is 0 Å². The van der Waals surface area contributed by atoms with Gasteiger partial charge in [0.1, 0.15) is 17.5 Å². The number of benzene rings is 2. The Balaban J connectivity index is 1.79. The van der Waals surface area contributed by atoms with E-state index in [1.54, 1.807) is 35.8 Å². The highest BCUT2D eigenvalue weighted by molar-refractivity contribution is 7.07. The minimum absolute atomic E-state index is 0.159. The summed E-state index contributed by atoms with van der Waals surface area (Å²) in [5, 5.41) is 1.04. The summed E-state index contributed by atoms with van der Waals surface area (Å²) in [5.74, 6) is 0.993. The van der Waals surface area contributed by atoms with Gasteiger partial charge < -0.3 is 18.9 Å². The third-order valence-electron chi connectivity index (χ3n) is 7.47. The number of fused-ring (bicyclic) bond motifs is 2. The summed E-state index contributed by atoms with van der Waals surface area (Å²) in [7, 11) is 3.17. The number of carbonyl (C=O) groups is 1. The molecule has 3 heterocycles. The third kappa shape index (κ3) is 4.91. The molecule has 9 heteroatoms. The van der Waals surface area contributed by atoms with Gasteiger partial charge in [-0.1, -0.05) is 35.6 Å². The fourth-order valence-electron chi connectivity index (χ4n) is 5.45. The molecule has 0 fully saturated rings. The van der Waals surface area contributed by atoms with E-state index in [0.29, 0.717) is 57.3 Å². The van der Waals surface area contributed by atoms with Gasteiger partial charge in [-0.3, -0.25) is 14.2 Å².